The van der Waals surface area contributed by atoms with E-state index in [2.05, 4.69) is 29.1 Å². The molecule has 3 unspecified atom stereocenters. The van der Waals surface area contributed by atoms with E-state index in [4.69, 9.17) is 4.74 Å². The van der Waals surface area contributed by atoms with Crippen molar-refractivity contribution >= 4 is 0 Å². The van der Waals surface area contributed by atoms with Gasteiger partial charge >= 0.3 is 0 Å². The Balaban J connectivity index is 1.87. The van der Waals surface area contributed by atoms with E-state index in [-0.39, 0.29) is 0 Å². The van der Waals surface area contributed by atoms with Gasteiger partial charge in [0.15, 0.2) is 0 Å². The summed E-state index contributed by atoms with van der Waals surface area (Å²) in [5.74, 6) is 0. The number of ether oxygens (including phenoxy) is 1. The largest absolute Gasteiger partial charge is 0.383 e. The molecule has 0 aromatic carbocycles. The Bertz CT molecular complexity index is 256. The molecule has 2 rings (SSSR count). The van der Waals surface area contributed by atoms with Gasteiger partial charge in [-0.3, -0.25) is 4.90 Å². The molecule has 0 amide bonds. The van der Waals surface area contributed by atoms with Gasteiger partial charge in [0.1, 0.15) is 0 Å². The zero-order valence-corrected chi connectivity index (χ0v) is 12.9. The summed E-state index contributed by atoms with van der Waals surface area (Å²) in [5, 5.41) is 3.63. The first-order valence-corrected chi connectivity index (χ1v) is 7.87. The van der Waals surface area contributed by atoms with Gasteiger partial charge in [0.2, 0.25) is 0 Å². The molecule has 1 N–H and O–H groups in total. The number of likely N-dealkylation sites (tertiary alicyclic amines) is 1. The number of nitrogens with one attached hydrogen (secondary N) is 1. The van der Waals surface area contributed by atoms with Crippen LogP contribution in [0.5, 0.6) is 0 Å². The molecule has 0 bridgehead atoms. The van der Waals surface area contributed by atoms with Gasteiger partial charge in [-0.25, -0.2) is 0 Å². The van der Waals surface area contributed by atoms with Gasteiger partial charge in [-0.2, -0.15) is 0 Å². The third kappa shape index (κ3) is 4.42. The van der Waals surface area contributed by atoms with Gasteiger partial charge in [0.05, 0.1) is 6.61 Å². The Kier molecular flexibility index (Phi) is 6.07. The fraction of sp³-hybridized carbons (Fsp3) is 1.00. The summed E-state index contributed by atoms with van der Waals surface area (Å²) in [5.41, 5.74) is 0. The lowest BCUT2D eigenvalue weighted by Crippen LogP contribution is -2.51. The first kappa shape index (κ1) is 15.2. The van der Waals surface area contributed by atoms with E-state index in [0.717, 1.165) is 19.2 Å². The predicted octanol–water partition coefficient (Wildman–Crippen LogP) is 1.17. The molecular weight excluding hydrogens is 238 g/mol. The zero-order valence-electron chi connectivity index (χ0n) is 12.9. The molecule has 19 heavy (non-hydrogen) atoms. The van der Waals surface area contributed by atoms with Gasteiger partial charge in [-0.15, -0.1) is 0 Å². The minimum atomic E-state index is 0.701. The van der Waals surface area contributed by atoms with Crippen molar-refractivity contribution in [3.8, 4) is 0 Å². The molecule has 4 heteroatoms. The highest BCUT2D eigenvalue weighted by molar-refractivity contribution is 4.86. The van der Waals surface area contributed by atoms with Crippen LogP contribution in [0.3, 0.4) is 0 Å². The highest BCUT2D eigenvalue weighted by Gasteiger charge is 2.29. The summed E-state index contributed by atoms with van der Waals surface area (Å²) < 4.78 is 5.30. The standard InChI is InChI=1S/C15H31N3O/c1-13-11-15(6-8-17(13)2)18(9-10-19-3)12-14-5-4-7-16-14/h13-16H,4-12H2,1-3H3. The predicted molar refractivity (Wildman–Crippen MR) is 79.6 cm³/mol. The van der Waals surface area contributed by atoms with Crippen LogP contribution in [0.15, 0.2) is 0 Å². The lowest BCUT2D eigenvalue weighted by Gasteiger charge is -2.41. The molecule has 0 aromatic rings. The third-order valence-corrected chi connectivity index (χ3v) is 4.90. The number of piperidine rings is 1. The van der Waals surface area contributed by atoms with Crippen molar-refractivity contribution in [2.45, 2.75) is 50.7 Å². The first-order valence-electron chi connectivity index (χ1n) is 7.87. The van der Waals surface area contributed by atoms with Crippen molar-refractivity contribution in [1.82, 2.24) is 15.1 Å². The molecule has 2 heterocycles. The van der Waals surface area contributed by atoms with Gasteiger partial charge in [0, 0.05) is 38.3 Å². The fourth-order valence-electron chi connectivity index (χ4n) is 3.42. The Morgan fingerprint density at radius 1 is 1.37 bits per heavy atom. The Hall–Kier alpha value is -0.160. The SMILES string of the molecule is COCCN(CC1CCCN1)C1CCN(C)C(C)C1. The van der Waals surface area contributed by atoms with Crippen molar-refractivity contribution in [1.29, 1.82) is 0 Å². The fourth-order valence-corrected chi connectivity index (χ4v) is 3.42. The lowest BCUT2D eigenvalue weighted by molar-refractivity contribution is 0.0602. The molecule has 0 saturated carbocycles. The number of hydrogen-bond donors (Lipinski definition) is 1. The summed E-state index contributed by atoms with van der Waals surface area (Å²) in [7, 11) is 4.06. The van der Waals surface area contributed by atoms with Gasteiger partial charge < -0.3 is 15.0 Å². The molecule has 0 radical (unpaired) electrons. The van der Waals surface area contributed by atoms with E-state index >= 15 is 0 Å². The molecule has 112 valence electrons. The molecule has 2 fully saturated rings. The maximum absolute atomic E-state index is 5.30. The van der Waals surface area contributed by atoms with Crippen molar-refractivity contribution in [2.75, 3.05) is 46.9 Å². The topological polar surface area (TPSA) is 27.7 Å². The minimum Gasteiger partial charge on any atom is -0.383 e. The highest BCUT2D eigenvalue weighted by atomic mass is 16.5. The number of methoxy groups -OCH3 is 1. The molecule has 4 nitrogen and oxygen atoms in total. The summed E-state index contributed by atoms with van der Waals surface area (Å²) in [6.45, 7) is 7.92. The van der Waals surface area contributed by atoms with E-state index < -0.39 is 0 Å². The van der Waals surface area contributed by atoms with Crippen LogP contribution in [-0.4, -0.2) is 74.9 Å². The smallest absolute Gasteiger partial charge is 0.0589 e. The van der Waals surface area contributed by atoms with E-state index in [1.54, 1.807) is 0 Å². The molecule has 2 aliphatic heterocycles. The van der Waals surface area contributed by atoms with Crippen LogP contribution >= 0.6 is 0 Å². The number of nitrogens with zero attached hydrogens (tertiary/aromatic N) is 2. The van der Waals surface area contributed by atoms with Crippen molar-refractivity contribution in [2.24, 2.45) is 0 Å². The zero-order chi connectivity index (χ0) is 13.7. The van der Waals surface area contributed by atoms with Gasteiger partial charge in [-0.1, -0.05) is 0 Å². The summed E-state index contributed by atoms with van der Waals surface area (Å²) in [6, 6.07) is 2.15. The van der Waals surface area contributed by atoms with Crippen molar-refractivity contribution in [3.63, 3.8) is 0 Å². The maximum Gasteiger partial charge on any atom is 0.0589 e. The Morgan fingerprint density at radius 2 is 2.21 bits per heavy atom. The molecule has 0 aromatic heterocycles. The van der Waals surface area contributed by atoms with E-state index in [0.29, 0.717) is 12.1 Å². The average molecular weight is 269 g/mol. The minimum absolute atomic E-state index is 0.701. The van der Waals surface area contributed by atoms with Crippen LogP contribution in [-0.2, 0) is 4.74 Å². The Labute approximate surface area is 118 Å². The first-order chi connectivity index (χ1) is 9.20. The van der Waals surface area contributed by atoms with Crippen LogP contribution in [0.1, 0.15) is 32.6 Å². The van der Waals surface area contributed by atoms with Crippen LogP contribution in [0.25, 0.3) is 0 Å². The molecule has 0 spiro atoms. The molecular formula is C15H31N3O. The summed E-state index contributed by atoms with van der Waals surface area (Å²) in [6.07, 6.45) is 5.28. The average Bonchev–Trinajstić information content (AvgIpc) is 2.91. The van der Waals surface area contributed by atoms with Crippen molar-refractivity contribution < 1.29 is 4.74 Å². The maximum atomic E-state index is 5.30. The number of hydrogen-bond acceptors (Lipinski definition) is 4. The quantitative estimate of drug-likeness (QED) is 0.783. The van der Waals surface area contributed by atoms with E-state index in [1.165, 1.54) is 45.3 Å². The van der Waals surface area contributed by atoms with Gasteiger partial charge in [0.25, 0.3) is 0 Å². The summed E-state index contributed by atoms with van der Waals surface area (Å²) >= 11 is 0. The second kappa shape index (κ2) is 7.58. The lowest BCUT2D eigenvalue weighted by atomic mass is 9.97. The monoisotopic (exact) mass is 269 g/mol. The third-order valence-electron chi connectivity index (χ3n) is 4.90. The number of rotatable bonds is 6. The van der Waals surface area contributed by atoms with Crippen LogP contribution in [0.2, 0.25) is 0 Å². The van der Waals surface area contributed by atoms with Gasteiger partial charge in [-0.05, 0) is 52.7 Å². The summed E-state index contributed by atoms with van der Waals surface area (Å²) in [4.78, 5) is 5.16. The van der Waals surface area contributed by atoms with Crippen LogP contribution in [0, 0.1) is 0 Å². The normalized spacial score (nSPS) is 33.2. The Morgan fingerprint density at radius 3 is 2.84 bits per heavy atom. The van der Waals surface area contributed by atoms with Crippen LogP contribution < -0.4 is 5.32 Å². The van der Waals surface area contributed by atoms with Crippen molar-refractivity contribution in [3.05, 3.63) is 0 Å². The second-order valence-electron chi connectivity index (χ2n) is 6.29. The second-order valence-corrected chi connectivity index (χ2v) is 6.29. The molecule has 2 saturated heterocycles. The van der Waals surface area contributed by atoms with E-state index in [1.807, 2.05) is 7.11 Å². The molecule has 2 aliphatic rings. The highest BCUT2D eigenvalue weighted by Crippen LogP contribution is 2.21. The molecule has 0 aliphatic carbocycles. The van der Waals surface area contributed by atoms with Crippen LogP contribution in [0.4, 0.5) is 0 Å². The molecule has 3 atom stereocenters. The van der Waals surface area contributed by atoms with E-state index in [9.17, 15) is 0 Å².